The Bertz CT molecular complexity index is 1380. The van der Waals surface area contributed by atoms with Gasteiger partial charge in [0.1, 0.15) is 12.4 Å². The van der Waals surface area contributed by atoms with Gasteiger partial charge in [0.15, 0.2) is 5.17 Å². The van der Waals surface area contributed by atoms with Crippen LogP contribution in [0.5, 0.6) is 5.75 Å². The third-order valence-electron chi connectivity index (χ3n) is 6.59. The number of ether oxygens (including phenoxy) is 1. The summed E-state index contributed by atoms with van der Waals surface area (Å²) in [4.78, 5) is 32.1. The predicted molar refractivity (Wildman–Crippen MR) is 152 cm³/mol. The molecule has 0 bridgehead atoms. The van der Waals surface area contributed by atoms with Gasteiger partial charge in [0.25, 0.3) is 5.91 Å². The van der Waals surface area contributed by atoms with Crippen molar-refractivity contribution in [2.24, 2.45) is 4.99 Å². The van der Waals surface area contributed by atoms with Crippen LogP contribution in [0, 0.1) is 0 Å². The maximum atomic E-state index is 13.6. The van der Waals surface area contributed by atoms with Gasteiger partial charge in [-0.3, -0.25) is 9.69 Å². The highest BCUT2D eigenvalue weighted by Crippen LogP contribution is 2.38. The van der Waals surface area contributed by atoms with Gasteiger partial charge in [0.2, 0.25) is 0 Å². The molecular formula is C30H27ClN2O4S. The number of rotatable bonds is 7. The zero-order chi connectivity index (χ0) is 26.5. The highest BCUT2D eigenvalue weighted by Gasteiger charge is 2.38. The van der Waals surface area contributed by atoms with Crippen molar-refractivity contribution >= 4 is 52.2 Å². The molecule has 1 aliphatic heterocycles. The van der Waals surface area contributed by atoms with Gasteiger partial charge in [-0.2, -0.15) is 0 Å². The standard InChI is InChI=1S/C30H27ClN2O4S/c31-23-13-9-21(10-14-23)19-37-26-15-11-20(12-16-26)17-27-28(34)33(25-7-2-1-3-8-25)30(38-27)32-24-6-4-5-22(18-24)29(35)36/h4-6,9-18,25H,1-3,7-8,19H2,(H,35,36)/b27-17-,32-30?. The zero-order valence-electron chi connectivity index (χ0n) is 20.7. The first-order chi connectivity index (χ1) is 18.5. The molecule has 0 unspecified atom stereocenters. The molecule has 194 valence electrons. The van der Waals surface area contributed by atoms with Crippen molar-refractivity contribution in [1.29, 1.82) is 0 Å². The summed E-state index contributed by atoms with van der Waals surface area (Å²) < 4.78 is 5.88. The molecule has 1 aliphatic carbocycles. The summed E-state index contributed by atoms with van der Waals surface area (Å²) >= 11 is 7.28. The number of nitrogens with zero attached hydrogens (tertiary/aromatic N) is 2. The lowest BCUT2D eigenvalue weighted by Crippen LogP contribution is -2.40. The van der Waals surface area contributed by atoms with Crippen LogP contribution in [0.1, 0.15) is 53.6 Å². The largest absolute Gasteiger partial charge is 0.489 e. The number of aromatic carboxylic acids is 1. The Kier molecular flexibility index (Phi) is 8.15. The molecule has 0 atom stereocenters. The van der Waals surface area contributed by atoms with Gasteiger partial charge >= 0.3 is 5.97 Å². The first-order valence-electron chi connectivity index (χ1n) is 12.6. The normalized spacial score (nSPS) is 18.3. The minimum absolute atomic E-state index is 0.0573. The van der Waals surface area contributed by atoms with E-state index in [-0.39, 0.29) is 17.5 Å². The van der Waals surface area contributed by atoms with Crippen LogP contribution in [0.2, 0.25) is 5.02 Å². The molecule has 1 heterocycles. The van der Waals surface area contributed by atoms with E-state index in [0.717, 1.165) is 42.6 Å². The summed E-state index contributed by atoms with van der Waals surface area (Å²) in [5.74, 6) is -0.331. The Morgan fingerprint density at radius 2 is 1.79 bits per heavy atom. The number of thioether (sulfide) groups is 1. The fraction of sp³-hybridized carbons (Fsp3) is 0.233. The fourth-order valence-electron chi connectivity index (χ4n) is 4.60. The number of hydrogen-bond acceptors (Lipinski definition) is 5. The third-order valence-corrected chi connectivity index (χ3v) is 7.83. The van der Waals surface area contributed by atoms with Crippen molar-refractivity contribution in [2.45, 2.75) is 44.8 Å². The van der Waals surface area contributed by atoms with Gasteiger partial charge in [-0.15, -0.1) is 0 Å². The van der Waals surface area contributed by atoms with Crippen molar-refractivity contribution in [2.75, 3.05) is 0 Å². The molecule has 0 spiro atoms. The van der Waals surface area contributed by atoms with Crippen molar-refractivity contribution in [1.82, 2.24) is 4.90 Å². The van der Waals surface area contributed by atoms with Crippen molar-refractivity contribution < 1.29 is 19.4 Å². The third kappa shape index (κ3) is 6.29. The maximum absolute atomic E-state index is 13.6. The minimum Gasteiger partial charge on any atom is -0.489 e. The summed E-state index contributed by atoms with van der Waals surface area (Å²) in [6, 6.07) is 21.7. The van der Waals surface area contributed by atoms with E-state index >= 15 is 0 Å². The number of carboxylic acids is 1. The molecule has 8 heteroatoms. The first-order valence-corrected chi connectivity index (χ1v) is 13.8. The van der Waals surface area contributed by atoms with E-state index in [9.17, 15) is 14.7 Å². The lowest BCUT2D eigenvalue weighted by molar-refractivity contribution is -0.124. The molecule has 0 radical (unpaired) electrons. The van der Waals surface area contributed by atoms with E-state index in [2.05, 4.69) is 0 Å². The second kappa shape index (κ2) is 11.9. The molecule has 2 fully saturated rings. The second-order valence-electron chi connectivity index (χ2n) is 9.31. The number of halogens is 1. The van der Waals surface area contributed by atoms with Crippen molar-refractivity contribution in [3.8, 4) is 5.75 Å². The monoisotopic (exact) mass is 546 g/mol. The Labute approximate surface area is 231 Å². The number of carbonyl (C=O) groups is 2. The number of amidine groups is 1. The average molecular weight is 547 g/mol. The van der Waals surface area contributed by atoms with E-state index in [1.807, 2.05) is 59.5 Å². The molecule has 0 aromatic heterocycles. The Morgan fingerprint density at radius 1 is 1.05 bits per heavy atom. The Balaban J connectivity index is 1.36. The second-order valence-corrected chi connectivity index (χ2v) is 10.8. The van der Waals surface area contributed by atoms with Crippen molar-refractivity contribution in [3.63, 3.8) is 0 Å². The topological polar surface area (TPSA) is 79.2 Å². The summed E-state index contributed by atoms with van der Waals surface area (Å²) in [5.41, 5.74) is 2.60. The number of amides is 1. The van der Waals surface area contributed by atoms with Gasteiger partial charge in [-0.1, -0.05) is 61.2 Å². The highest BCUT2D eigenvalue weighted by molar-refractivity contribution is 8.18. The quantitative estimate of drug-likeness (QED) is 0.309. The van der Waals surface area contributed by atoms with Crippen LogP contribution in [-0.2, 0) is 11.4 Å². The summed E-state index contributed by atoms with van der Waals surface area (Å²) in [7, 11) is 0. The van der Waals surface area contributed by atoms with E-state index in [1.54, 1.807) is 12.1 Å². The molecule has 38 heavy (non-hydrogen) atoms. The minimum atomic E-state index is -1.01. The highest BCUT2D eigenvalue weighted by atomic mass is 35.5. The molecule has 6 nitrogen and oxygen atoms in total. The van der Waals surface area contributed by atoms with E-state index in [1.165, 1.54) is 30.3 Å². The van der Waals surface area contributed by atoms with Gasteiger partial charge in [0.05, 0.1) is 16.2 Å². The fourth-order valence-corrected chi connectivity index (χ4v) is 5.79. The molecule has 5 rings (SSSR count). The van der Waals surface area contributed by atoms with Gasteiger partial charge in [-0.25, -0.2) is 9.79 Å². The van der Waals surface area contributed by atoms with Crippen LogP contribution in [0.25, 0.3) is 6.08 Å². The number of hydrogen-bond donors (Lipinski definition) is 1. The van der Waals surface area contributed by atoms with Crippen LogP contribution < -0.4 is 4.74 Å². The molecule has 3 aromatic rings. The van der Waals surface area contributed by atoms with Crippen LogP contribution in [0.4, 0.5) is 5.69 Å². The molecule has 3 aromatic carbocycles. The molecule has 1 amide bonds. The zero-order valence-corrected chi connectivity index (χ0v) is 22.3. The van der Waals surface area contributed by atoms with E-state index in [4.69, 9.17) is 21.3 Å². The summed E-state index contributed by atoms with van der Waals surface area (Å²) in [5, 5.41) is 10.6. The SMILES string of the molecule is O=C(O)c1cccc(N=C2S/C(=C\c3ccc(OCc4ccc(Cl)cc4)cc3)C(=O)N2C2CCCCC2)c1. The van der Waals surface area contributed by atoms with E-state index in [0.29, 0.717) is 27.4 Å². The van der Waals surface area contributed by atoms with Gasteiger partial charge in [-0.05, 0) is 84.3 Å². The number of aliphatic imine (C=N–C) groups is 1. The van der Waals surface area contributed by atoms with Crippen LogP contribution >= 0.6 is 23.4 Å². The number of benzene rings is 3. The van der Waals surface area contributed by atoms with Gasteiger partial charge in [0, 0.05) is 11.1 Å². The number of carboxylic acid groups (broad SMARTS) is 1. The van der Waals surface area contributed by atoms with Crippen LogP contribution in [0.15, 0.2) is 82.7 Å². The van der Waals surface area contributed by atoms with Crippen LogP contribution in [-0.4, -0.2) is 33.1 Å². The molecular weight excluding hydrogens is 520 g/mol. The lowest BCUT2D eigenvalue weighted by Gasteiger charge is -2.30. The lowest BCUT2D eigenvalue weighted by atomic mass is 9.94. The van der Waals surface area contributed by atoms with Gasteiger partial charge < -0.3 is 9.84 Å². The molecule has 2 aliphatic rings. The average Bonchev–Trinajstić information content (AvgIpc) is 3.23. The summed E-state index contributed by atoms with van der Waals surface area (Å²) in [6.45, 7) is 0.436. The number of carbonyl (C=O) groups excluding carboxylic acids is 1. The Hall–Kier alpha value is -3.55. The Morgan fingerprint density at radius 3 is 2.50 bits per heavy atom. The predicted octanol–water partition coefficient (Wildman–Crippen LogP) is 7.55. The molecule has 1 saturated carbocycles. The smallest absolute Gasteiger partial charge is 0.335 e. The van der Waals surface area contributed by atoms with E-state index < -0.39 is 5.97 Å². The molecule has 1 saturated heterocycles. The van der Waals surface area contributed by atoms with Crippen molar-refractivity contribution in [3.05, 3.63) is 99.4 Å². The van der Waals surface area contributed by atoms with Crippen LogP contribution in [0.3, 0.4) is 0 Å². The summed E-state index contributed by atoms with van der Waals surface area (Å²) in [6.07, 6.45) is 7.09. The molecule has 1 N–H and O–H groups in total. The first kappa shape index (κ1) is 26.1. The maximum Gasteiger partial charge on any atom is 0.335 e.